The molecule has 1 saturated heterocycles. The number of methoxy groups -OCH3 is 1. The molecule has 1 atom stereocenters. The summed E-state index contributed by atoms with van der Waals surface area (Å²) in [4.78, 5) is 32.3. The number of carbonyl (C=O) groups excluding carboxylic acids is 1. The van der Waals surface area contributed by atoms with Crippen LogP contribution >= 0.6 is 0 Å². The molecule has 2 aromatic rings. The summed E-state index contributed by atoms with van der Waals surface area (Å²) in [7, 11) is 1.69. The Morgan fingerprint density at radius 3 is 2.96 bits per heavy atom. The number of carbonyl (C=O) groups is 1. The summed E-state index contributed by atoms with van der Waals surface area (Å²) in [5.74, 6) is -0.0367. The fourth-order valence-electron chi connectivity index (χ4n) is 3.49. The van der Waals surface area contributed by atoms with Crippen molar-refractivity contribution in [3.8, 4) is 0 Å². The minimum absolute atomic E-state index is 0.0131. The van der Waals surface area contributed by atoms with Crippen molar-refractivity contribution in [2.24, 2.45) is 5.92 Å². The van der Waals surface area contributed by atoms with E-state index in [2.05, 4.69) is 20.2 Å². The number of hydrogen-bond donors (Lipinski definition) is 3. The number of ether oxygens (including phenoxy) is 1. The molecule has 1 aliphatic rings. The first kappa shape index (κ1) is 17.7. The molecule has 0 bridgehead atoms. The summed E-state index contributed by atoms with van der Waals surface area (Å²) in [5, 5.41) is 3.07. The Kier molecular flexibility index (Phi) is 5.24. The molecule has 25 heavy (non-hydrogen) atoms. The van der Waals surface area contributed by atoms with Crippen LogP contribution in [0.4, 0.5) is 5.69 Å². The Bertz CT molecular complexity index is 824. The number of nitrogens with one attached hydrogen (secondary N) is 3. The van der Waals surface area contributed by atoms with E-state index in [0.29, 0.717) is 23.3 Å². The average Bonchev–Trinajstić information content (AvgIpc) is 2.97. The third-order valence-corrected chi connectivity index (χ3v) is 5.07. The van der Waals surface area contributed by atoms with Crippen molar-refractivity contribution in [1.82, 2.24) is 14.9 Å². The third kappa shape index (κ3) is 3.77. The minimum atomic E-state index is -0.265. The number of amides is 1. The van der Waals surface area contributed by atoms with Crippen molar-refractivity contribution in [2.75, 3.05) is 38.7 Å². The highest BCUT2D eigenvalue weighted by Gasteiger charge is 2.26. The van der Waals surface area contributed by atoms with Gasteiger partial charge in [-0.05, 0) is 50.4 Å². The second kappa shape index (κ2) is 7.41. The minimum Gasteiger partial charge on any atom is -0.383 e. The van der Waals surface area contributed by atoms with Gasteiger partial charge in [0, 0.05) is 20.2 Å². The van der Waals surface area contributed by atoms with Crippen LogP contribution in [0.3, 0.4) is 0 Å². The molecule has 1 aromatic carbocycles. The standard InChI is InChI=1S/C18H26N4O3/c1-11-9-14-16(21-18(24)19-14)15(12(11)2)20-17(23)13-5-4-6-22(10-13)7-8-25-3/h9,13H,4-8,10H2,1-3H3,(H,20,23)(H2,19,21,24)/t13-/m0/s1. The molecule has 0 saturated carbocycles. The van der Waals surface area contributed by atoms with Gasteiger partial charge in [-0.1, -0.05) is 0 Å². The maximum absolute atomic E-state index is 12.8. The van der Waals surface area contributed by atoms with E-state index < -0.39 is 0 Å². The quantitative estimate of drug-likeness (QED) is 0.770. The fraction of sp³-hybridized carbons (Fsp3) is 0.556. The van der Waals surface area contributed by atoms with E-state index in [9.17, 15) is 9.59 Å². The molecule has 7 nitrogen and oxygen atoms in total. The Balaban J connectivity index is 1.80. The summed E-state index contributed by atoms with van der Waals surface area (Å²) in [6.45, 7) is 7.21. The van der Waals surface area contributed by atoms with E-state index >= 15 is 0 Å². The van der Waals surface area contributed by atoms with Gasteiger partial charge in [0.05, 0.1) is 29.2 Å². The SMILES string of the molecule is COCCN1CCC[C@H](C(=O)Nc2c(C)c(C)cc3[nH]c(=O)[nH]c23)C1. The van der Waals surface area contributed by atoms with Crippen LogP contribution in [0.15, 0.2) is 10.9 Å². The number of anilines is 1. The summed E-state index contributed by atoms with van der Waals surface area (Å²) in [5.41, 5.74) is 3.82. The highest BCUT2D eigenvalue weighted by Crippen LogP contribution is 2.28. The molecule has 0 unspecified atom stereocenters. The van der Waals surface area contributed by atoms with Gasteiger partial charge in [0.25, 0.3) is 0 Å². The van der Waals surface area contributed by atoms with E-state index in [1.807, 2.05) is 19.9 Å². The molecule has 136 valence electrons. The van der Waals surface area contributed by atoms with Crippen LogP contribution in [-0.2, 0) is 9.53 Å². The van der Waals surface area contributed by atoms with E-state index in [0.717, 1.165) is 43.6 Å². The number of rotatable bonds is 5. The number of likely N-dealkylation sites (tertiary alicyclic amines) is 1. The molecule has 1 aliphatic heterocycles. The Labute approximate surface area is 146 Å². The molecule has 7 heteroatoms. The highest BCUT2D eigenvalue weighted by atomic mass is 16.5. The van der Waals surface area contributed by atoms with E-state index in [1.165, 1.54) is 0 Å². The van der Waals surface area contributed by atoms with E-state index in [4.69, 9.17) is 4.74 Å². The van der Waals surface area contributed by atoms with Gasteiger partial charge in [0.15, 0.2) is 0 Å². The molecule has 3 rings (SSSR count). The van der Waals surface area contributed by atoms with E-state index in [1.54, 1.807) is 7.11 Å². The molecule has 0 radical (unpaired) electrons. The van der Waals surface area contributed by atoms with Crippen LogP contribution in [0.25, 0.3) is 11.0 Å². The summed E-state index contributed by atoms with van der Waals surface area (Å²) in [6.07, 6.45) is 1.89. The number of piperidine rings is 1. The van der Waals surface area contributed by atoms with Crippen LogP contribution in [-0.4, -0.2) is 54.1 Å². The number of benzene rings is 1. The van der Waals surface area contributed by atoms with Crippen molar-refractivity contribution < 1.29 is 9.53 Å². The van der Waals surface area contributed by atoms with Gasteiger partial charge >= 0.3 is 5.69 Å². The summed E-state index contributed by atoms with van der Waals surface area (Å²) in [6, 6.07) is 1.92. The van der Waals surface area contributed by atoms with Gasteiger partial charge in [-0.15, -0.1) is 0 Å². The van der Waals surface area contributed by atoms with Gasteiger partial charge in [-0.25, -0.2) is 4.79 Å². The zero-order valence-electron chi connectivity index (χ0n) is 15.1. The highest BCUT2D eigenvalue weighted by molar-refractivity contribution is 6.02. The summed E-state index contributed by atoms with van der Waals surface area (Å²) >= 11 is 0. The maximum Gasteiger partial charge on any atom is 0.323 e. The predicted octanol–water partition coefficient (Wildman–Crippen LogP) is 1.77. The average molecular weight is 346 g/mol. The van der Waals surface area contributed by atoms with Crippen molar-refractivity contribution in [3.05, 3.63) is 27.7 Å². The number of aromatic nitrogens is 2. The van der Waals surface area contributed by atoms with Crippen LogP contribution in [0, 0.1) is 19.8 Å². The molecule has 3 N–H and O–H groups in total. The lowest BCUT2D eigenvalue weighted by Gasteiger charge is -2.31. The largest absolute Gasteiger partial charge is 0.383 e. The number of fused-ring (bicyclic) bond motifs is 1. The molecule has 0 spiro atoms. The van der Waals surface area contributed by atoms with Crippen molar-refractivity contribution in [3.63, 3.8) is 0 Å². The lowest BCUT2D eigenvalue weighted by atomic mass is 9.96. The second-order valence-corrected chi connectivity index (χ2v) is 6.82. The molecule has 1 fully saturated rings. The number of H-pyrrole nitrogens is 2. The Hall–Kier alpha value is -2.12. The smallest absolute Gasteiger partial charge is 0.323 e. The van der Waals surface area contributed by atoms with E-state index in [-0.39, 0.29) is 17.5 Å². The van der Waals surface area contributed by atoms with Crippen LogP contribution in [0.1, 0.15) is 24.0 Å². The zero-order chi connectivity index (χ0) is 18.0. The van der Waals surface area contributed by atoms with Crippen molar-refractivity contribution >= 4 is 22.6 Å². The molecule has 0 aliphatic carbocycles. The maximum atomic E-state index is 12.8. The molecule has 1 aromatic heterocycles. The normalized spacial score (nSPS) is 18.6. The number of nitrogens with zero attached hydrogens (tertiary/aromatic N) is 1. The lowest BCUT2D eigenvalue weighted by molar-refractivity contribution is -0.121. The topological polar surface area (TPSA) is 90.2 Å². The monoisotopic (exact) mass is 346 g/mol. The molecule has 1 amide bonds. The van der Waals surface area contributed by atoms with Crippen molar-refractivity contribution in [2.45, 2.75) is 26.7 Å². The van der Waals surface area contributed by atoms with Crippen LogP contribution in [0.5, 0.6) is 0 Å². The van der Waals surface area contributed by atoms with Gasteiger partial charge in [-0.2, -0.15) is 0 Å². The van der Waals surface area contributed by atoms with Crippen LogP contribution in [0.2, 0.25) is 0 Å². The fourth-order valence-corrected chi connectivity index (χ4v) is 3.49. The molecular weight excluding hydrogens is 320 g/mol. The Morgan fingerprint density at radius 2 is 2.20 bits per heavy atom. The van der Waals surface area contributed by atoms with Crippen LogP contribution < -0.4 is 11.0 Å². The van der Waals surface area contributed by atoms with Crippen molar-refractivity contribution in [1.29, 1.82) is 0 Å². The first-order valence-electron chi connectivity index (χ1n) is 8.74. The molecule has 2 heterocycles. The third-order valence-electron chi connectivity index (χ3n) is 5.07. The summed E-state index contributed by atoms with van der Waals surface area (Å²) < 4.78 is 5.14. The van der Waals surface area contributed by atoms with Gasteiger partial charge < -0.3 is 24.9 Å². The first-order chi connectivity index (χ1) is 12.0. The number of imidazole rings is 1. The lowest BCUT2D eigenvalue weighted by Crippen LogP contribution is -2.42. The van der Waals surface area contributed by atoms with Gasteiger partial charge in [0.2, 0.25) is 5.91 Å². The number of aromatic amines is 2. The second-order valence-electron chi connectivity index (χ2n) is 6.82. The predicted molar refractivity (Wildman–Crippen MR) is 98.1 cm³/mol. The number of aryl methyl sites for hydroxylation is 1. The van der Waals surface area contributed by atoms with Gasteiger partial charge in [0.1, 0.15) is 0 Å². The zero-order valence-corrected chi connectivity index (χ0v) is 15.1. The number of hydrogen-bond acceptors (Lipinski definition) is 4. The Morgan fingerprint density at radius 1 is 1.40 bits per heavy atom. The molecular formula is C18H26N4O3. The first-order valence-corrected chi connectivity index (χ1v) is 8.74. The van der Waals surface area contributed by atoms with Gasteiger partial charge in [-0.3, -0.25) is 4.79 Å².